The molecule has 2 heterocycles. The number of aliphatic hydroxyl groups excluding tert-OH is 1. The lowest BCUT2D eigenvalue weighted by Crippen LogP contribution is -2.42. The minimum Gasteiger partial charge on any atom is -0.394 e. The Kier molecular flexibility index (Phi) is 3.77. The molecule has 6 heteroatoms. The van der Waals surface area contributed by atoms with Crippen molar-refractivity contribution in [3.63, 3.8) is 0 Å². The van der Waals surface area contributed by atoms with Crippen LogP contribution in [0.2, 0.25) is 0 Å². The molecular formula is C16H17N3O3. The zero-order chi connectivity index (χ0) is 15.7. The summed E-state index contributed by atoms with van der Waals surface area (Å²) in [7, 11) is 0. The largest absolute Gasteiger partial charge is 0.394 e. The predicted octanol–water partition coefficient (Wildman–Crippen LogP) is 0.464. The molecule has 0 unspecified atom stereocenters. The predicted molar refractivity (Wildman–Crippen MR) is 82.5 cm³/mol. The first kappa shape index (κ1) is 14.5. The first-order chi connectivity index (χ1) is 10.6. The number of fused-ring (bicyclic) bond motifs is 1. The van der Waals surface area contributed by atoms with Gasteiger partial charge in [-0.05, 0) is 13.0 Å². The second kappa shape index (κ2) is 5.73. The Morgan fingerprint density at radius 3 is 2.82 bits per heavy atom. The van der Waals surface area contributed by atoms with E-state index < -0.39 is 0 Å². The molecule has 1 atom stereocenters. The van der Waals surface area contributed by atoms with E-state index in [0.29, 0.717) is 17.6 Å². The van der Waals surface area contributed by atoms with Crippen molar-refractivity contribution in [3.8, 4) is 0 Å². The number of aryl methyl sites for hydroxylation is 1. The number of hydrogen-bond acceptors (Lipinski definition) is 4. The zero-order valence-corrected chi connectivity index (χ0v) is 12.3. The Hall–Kier alpha value is -2.47. The van der Waals surface area contributed by atoms with Gasteiger partial charge in [-0.3, -0.25) is 9.59 Å². The lowest BCUT2D eigenvalue weighted by Gasteiger charge is -2.23. The third-order valence-electron chi connectivity index (χ3n) is 3.91. The molecule has 0 saturated carbocycles. The van der Waals surface area contributed by atoms with Crippen LogP contribution in [0.3, 0.4) is 0 Å². The van der Waals surface area contributed by atoms with E-state index in [4.69, 9.17) is 0 Å². The van der Waals surface area contributed by atoms with Crippen LogP contribution in [0.25, 0.3) is 10.8 Å². The summed E-state index contributed by atoms with van der Waals surface area (Å²) in [6.45, 7) is 2.02. The fraction of sp³-hybridized carbons (Fsp3) is 0.312. The Balaban J connectivity index is 1.93. The van der Waals surface area contributed by atoms with E-state index in [2.05, 4.69) is 5.10 Å². The molecule has 1 N–H and O–H groups in total. The molecule has 1 aliphatic rings. The number of carbonyl (C=O) groups excluding carboxylic acids is 1. The van der Waals surface area contributed by atoms with Crippen LogP contribution in [0.5, 0.6) is 0 Å². The van der Waals surface area contributed by atoms with Gasteiger partial charge in [-0.1, -0.05) is 30.4 Å². The molecule has 1 aromatic heterocycles. The average Bonchev–Trinajstić information content (AvgIpc) is 3.01. The number of aromatic nitrogens is 2. The molecule has 0 bridgehead atoms. The molecule has 114 valence electrons. The molecule has 3 rings (SSSR count). The molecule has 0 saturated heterocycles. The SMILES string of the molecule is Cc1nn(CC(=O)N2CC=C[C@H]2CO)c(=O)c2ccccc12. The van der Waals surface area contributed by atoms with E-state index in [1.165, 1.54) is 4.68 Å². The normalized spacial score (nSPS) is 17.4. The van der Waals surface area contributed by atoms with Crippen LogP contribution in [0.15, 0.2) is 41.2 Å². The molecule has 0 spiro atoms. The van der Waals surface area contributed by atoms with Crippen LogP contribution < -0.4 is 5.56 Å². The number of amides is 1. The lowest BCUT2D eigenvalue weighted by molar-refractivity contribution is -0.133. The van der Waals surface area contributed by atoms with Crippen molar-refractivity contribution in [1.29, 1.82) is 0 Å². The molecular weight excluding hydrogens is 282 g/mol. The second-order valence-electron chi connectivity index (χ2n) is 5.32. The Bertz CT molecular complexity index is 810. The van der Waals surface area contributed by atoms with Gasteiger partial charge in [0.25, 0.3) is 5.56 Å². The summed E-state index contributed by atoms with van der Waals surface area (Å²) in [6, 6.07) is 6.91. The van der Waals surface area contributed by atoms with Gasteiger partial charge < -0.3 is 10.0 Å². The maximum atomic E-state index is 12.4. The van der Waals surface area contributed by atoms with Gasteiger partial charge in [0.2, 0.25) is 5.91 Å². The third-order valence-corrected chi connectivity index (χ3v) is 3.91. The Morgan fingerprint density at radius 2 is 2.09 bits per heavy atom. The maximum absolute atomic E-state index is 12.4. The summed E-state index contributed by atoms with van der Waals surface area (Å²) >= 11 is 0. The van der Waals surface area contributed by atoms with E-state index in [9.17, 15) is 14.7 Å². The summed E-state index contributed by atoms with van der Waals surface area (Å²) in [5.41, 5.74) is 0.434. The number of aliphatic hydroxyl groups is 1. The molecule has 1 aromatic carbocycles. The smallest absolute Gasteiger partial charge is 0.275 e. The van der Waals surface area contributed by atoms with E-state index in [1.54, 1.807) is 23.1 Å². The lowest BCUT2D eigenvalue weighted by atomic mass is 10.1. The third kappa shape index (κ3) is 2.42. The van der Waals surface area contributed by atoms with E-state index >= 15 is 0 Å². The number of hydrogen-bond donors (Lipinski definition) is 1. The van der Waals surface area contributed by atoms with Crippen LogP contribution in [0.4, 0.5) is 0 Å². The van der Waals surface area contributed by atoms with Crippen molar-refractivity contribution in [2.24, 2.45) is 0 Å². The van der Waals surface area contributed by atoms with Crippen molar-refractivity contribution in [2.45, 2.75) is 19.5 Å². The summed E-state index contributed by atoms with van der Waals surface area (Å²) in [5, 5.41) is 14.9. The van der Waals surface area contributed by atoms with Crippen molar-refractivity contribution in [1.82, 2.24) is 14.7 Å². The van der Waals surface area contributed by atoms with Gasteiger partial charge in [0, 0.05) is 11.9 Å². The maximum Gasteiger partial charge on any atom is 0.275 e. The molecule has 0 aliphatic carbocycles. The van der Waals surface area contributed by atoms with Crippen LogP contribution in [0, 0.1) is 6.92 Å². The monoisotopic (exact) mass is 299 g/mol. The van der Waals surface area contributed by atoms with Gasteiger partial charge in [0.1, 0.15) is 6.54 Å². The molecule has 1 amide bonds. The first-order valence-corrected chi connectivity index (χ1v) is 7.15. The van der Waals surface area contributed by atoms with Crippen LogP contribution in [-0.2, 0) is 11.3 Å². The molecule has 2 aromatic rings. The average molecular weight is 299 g/mol. The quantitative estimate of drug-likeness (QED) is 0.836. The fourth-order valence-corrected chi connectivity index (χ4v) is 2.75. The summed E-state index contributed by atoms with van der Waals surface area (Å²) in [6.07, 6.45) is 3.63. The van der Waals surface area contributed by atoms with E-state index in [1.807, 2.05) is 25.1 Å². The Labute approximate surface area is 127 Å². The molecule has 0 radical (unpaired) electrons. The highest BCUT2D eigenvalue weighted by atomic mass is 16.3. The first-order valence-electron chi connectivity index (χ1n) is 7.15. The molecule has 22 heavy (non-hydrogen) atoms. The number of carbonyl (C=O) groups is 1. The number of nitrogens with zero attached hydrogens (tertiary/aromatic N) is 3. The fourth-order valence-electron chi connectivity index (χ4n) is 2.75. The molecule has 6 nitrogen and oxygen atoms in total. The van der Waals surface area contributed by atoms with Gasteiger partial charge in [-0.15, -0.1) is 0 Å². The summed E-state index contributed by atoms with van der Waals surface area (Å²) < 4.78 is 1.20. The summed E-state index contributed by atoms with van der Waals surface area (Å²) in [4.78, 5) is 26.3. The van der Waals surface area contributed by atoms with Gasteiger partial charge in [0.15, 0.2) is 0 Å². The minimum atomic E-state index is -0.315. The van der Waals surface area contributed by atoms with Crippen molar-refractivity contribution < 1.29 is 9.90 Å². The van der Waals surface area contributed by atoms with Crippen LogP contribution >= 0.6 is 0 Å². The van der Waals surface area contributed by atoms with Gasteiger partial charge in [-0.25, -0.2) is 4.68 Å². The van der Waals surface area contributed by atoms with E-state index in [-0.39, 0.29) is 30.7 Å². The van der Waals surface area contributed by atoms with Crippen molar-refractivity contribution in [2.75, 3.05) is 13.2 Å². The highest BCUT2D eigenvalue weighted by molar-refractivity contribution is 5.84. The van der Waals surface area contributed by atoms with E-state index in [0.717, 1.165) is 5.39 Å². The minimum absolute atomic E-state index is 0.122. The Morgan fingerprint density at radius 1 is 1.36 bits per heavy atom. The van der Waals surface area contributed by atoms with Gasteiger partial charge >= 0.3 is 0 Å². The zero-order valence-electron chi connectivity index (χ0n) is 12.3. The van der Waals surface area contributed by atoms with Crippen LogP contribution in [-0.4, -0.2) is 44.9 Å². The molecule has 1 aliphatic heterocycles. The molecule has 0 fully saturated rings. The standard InChI is InChI=1S/C16H17N3O3/c1-11-13-6-2-3-7-14(13)16(22)19(17-11)9-15(21)18-8-4-5-12(18)10-20/h2-7,12,20H,8-10H2,1H3/t12-/m0/s1. The second-order valence-corrected chi connectivity index (χ2v) is 5.32. The van der Waals surface area contributed by atoms with Crippen molar-refractivity contribution in [3.05, 3.63) is 52.5 Å². The van der Waals surface area contributed by atoms with Crippen molar-refractivity contribution >= 4 is 16.7 Å². The van der Waals surface area contributed by atoms with Crippen LogP contribution in [0.1, 0.15) is 5.69 Å². The highest BCUT2D eigenvalue weighted by Crippen LogP contribution is 2.13. The topological polar surface area (TPSA) is 75.4 Å². The van der Waals surface area contributed by atoms with Gasteiger partial charge in [-0.2, -0.15) is 5.10 Å². The number of benzene rings is 1. The van der Waals surface area contributed by atoms with Gasteiger partial charge in [0.05, 0.1) is 23.7 Å². The number of rotatable bonds is 3. The summed E-state index contributed by atoms with van der Waals surface area (Å²) in [5.74, 6) is -0.228. The highest BCUT2D eigenvalue weighted by Gasteiger charge is 2.24.